The Morgan fingerprint density at radius 1 is 0.679 bits per heavy atom. The van der Waals surface area contributed by atoms with Crippen molar-refractivity contribution >= 4 is 23.6 Å². The summed E-state index contributed by atoms with van der Waals surface area (Å²) in [7, 11) is 2.50. The van der Waals surface area contributed by atoms with Crippen LogP contribution in [-0.4, -0.2) is 85.4 Å². The van der Waals surface area contributed by atoms with Crippen LogP contribution in [0.4, 0.5) is 8.78 Å². The zero-order chi connectivity index (χ0) is 39.9. The minimum atomic E-state index is -0.931. The monoisotopic (exact) mass is 738 g/mol. The molecule has 4 rings (SSSR count). The number of Topliss-reactive ketones (excluding diaryl/α,β-unsaturated/α-hetero) is 1. The van der Waals surface area contributed by atoms with Gasteiger partial charge in [0, 0.05) is 29.9 Å². The Bertz CT molecular complexity index is 1900. The van der Waals surface area contributed by atoms with Gasteiger partial charge >= 0.3 is 5.97 Å². The van der Waals surface area contributed by atoms with Crippen LogP contribution in [-0.2, 0) is 11.2 Å². The molecule has 0 aliphatic heterocycles. The Kier molecular flexibility index (Phi) is 15.9. The smallest absolute Gasteiger partial charge is 0.360 e. The maximum atomic E-state index is 14.1. The van der Waals surface area contributed by atoms with Crippen LogP contribution < -0.4 is 20.1 Å². The van der Waals surface area contributed by atoms with Crippen LogP contribution in [0.3, 0.4) is 0 Å². The van der Waals surface area contributed by atoms with Crippen molar-refractivity contribution in [3.8, 4) is 11.8 Å². The van der Waals surface area contributed by atoms with Gasteiger partial charge in [0.05, 0.1) is 20.8 Å². The van der Waals surface area contributed by atoms with Crippen molar-refractivity contribution in [3.05, 3.63) is 94.9 Å². The summed E-state index contributed by atoms with van der Waals surface area (Å²) in [6, 6.07) is 6.90. The molecule has 0 saturated carbocycles. The molecule has 0 radical (unpaired) electrons. The number of esters is 1. The molecule has 0 fully saturated rings. The molecule has 0 saturated heterocycles. The van der Waals surface area contributed by atoms with Gasteiger partial charge in [0.15, 0.2) is 11.5 Å². The van der Waals surface area contributed by atoms with Crippen molar-refractivity contribution in [2.45, 2.75) is 72.9 Å². The average molecular weight is 739 g/mol. The summed E-state index contributed by atoms with van der Waals surface area (Å²) in [5.41, 5.74) is 0.412. The number of aromatic nitrogens is 6. The zero-order valence-corrected chi connectivity index (χ0v) is 31.3. The number of pyridine rings is 2. The number of nitrogens with one attached hydrogen (secondary N) is 2. The van der Waals surface area contributed by atoms with E-state index in [-0.39, 0.29) is 41.9 Å². The summed E-state index contributed by atoms with van der Waals surface area (Å²) in [6.45, 7) is 15.0. The van der Waals surface area contributed by atoms with Crippen molar-refractivity contribution in [2.75, 3.05) is 20.8 Å². The van der Waals surface area contributed by atoms with Gasteiger partial charge in [-0.2, -0.15) is 18.7 Å². The van der Waals surface area contributed by atoms with Gasteiger partial charge in [-0.15, -0.1) is 0 Å². The minimum absolute atomic E-state index is 0.115. The molecule has 0 aliphatic rings. The fraction of sp³-hybridized carbons (Fsp3) is 0.389. The summed E-state index contributed by atoms with van der Waals surface area (Å²) < 4.78 is 41.3. The highest BCUT2D eigenvalue weighted by Crippen LogP contribution is 2.18. The van der Waals surface area contributed by atoms with Crippen LogP contribution in [0.2, 0.25) is 0 Å². The molecule has 2 N–H and O–H groups in total. The van der Waals surface area contributed by atoms with E-state index in [1.165, 1.54) is 20.4 Å². The van der Waals surface area contributed by atoms with Gasteiger partial charge in [-0.3, -0.25) is 24.4 Å². The van der Waals surface area contributed by atoms with Gasteiger partial charge < -0.3 is 24.8 Å². The number of halogens is 2. The topological polar surface area (TPSA) is 197 Å². The molecular formula is C36H44F2N8O7. The first-order valence-electron chi connectivity index (χ1n) is 16.1. The largest absolute Gasteiger partial charge is 0.479 e. The molecule has 0 atom stereocenters. The molecule has 4 heterocycles. The quantitative estimate of drug-likeness (QED) is 0.177. The van der Waals surface area contributed by atoms with Crippen molar-refractivity contribution in [1.29, 1.82) is 0 Å². The number of carbonyl (C=O) groups is 4. The van der Waals surface area contributed by atoms with Gasteiger partial charge in [-0.25, -0.2) is 14.8 Å². The Labute approximate surface area is 306 Å². The van der Waals surface area contributed by atoms with Gasteiger partial charge in [0.2, 0.25) is 11.6 Å². The van der Waals surface area contributed by atoms with Crippen molar-refractivity contribution in [3.63, 3.8) is 0 Å². The molecule has 0 aromatic carbocycles. The van der Waals surface area contributed by atoms with Crippen LogP contribution in [0.25, 0.3) is 0 Å². The zero-order valence-electron chi connectivity index (χ0n) is 31.3. The Balaban J connectivity index is 0.000000296. The fourth-order valence-electron chi connectivity index (χ4n) is 4.09. The molecule has 4 aromatic heterocycles. The summed E-state index contributed by atoms with van der Waals surface area (Å²) in [5, 5.41) is 5.66. The molecule has 17 heteroatoms. The fourth-order valence-corrected chi connectivity index (χ4v) is 4.09. The van der Waals surface area contributed by atoms with E-state index in [0.717, 1.165) is 18.2 Å². The number of ether oxygens (including phenoxy) is 3. The lowest BCUT2D eigenvalue weighted by Crippen LogP contribution is -2.41. The lowest BCUT2D eigenvalue weighted by molar-refractivity contribution is 0.0511. The molecule has 0 spiro atoms. The predicted octanol–water partition coefficient (Wildman–Crippen LogP) is 4.69. The van der Waals surface area contributed by atoms with Crippen molar-refractivity contribution in [1.82, 2.24) is 40.5 Å². The third-order valence-corrected chi connectivity index (χ3v) is 6.29. The maximum absolute atomic E-state index is 14.1. The van der Waals surface area contributed by atoms with Crippen LogP contribution in [0, 0.1) is 18.6 Å². The number of hydrogen-bond donors (Lipinski definition) is 2. The first-order valence-corrected chi connectivity index (χ1v) is 16.1. The van der Waals surface area contributed by atoms with Crippen LogP contribution in [0.15, 0.2) is 49.3 Å². The standard InChI is InChI=1S/C17H19FN4O3.C11H16N2O.C8H9FN2O3/c1-17(2,3)22-15(24)13-10(6-5-7-19-13)8-11(23)14-12(18)16(25-4)21-9-20-14;1-8-6-5-7-12-9(8)10(14)13-11(2,3)4;1-3-14-8(12)6-5(9)7(13-2)11-4-10-6/h5-7,9H,8H2,1-4H3,(H,22,24);5-7H,1-4H3,(H,13,14);4H,3H2,1-2H3. The summed E-state index contributed by atoms with van der Waals surface area (Å²) >= 11 is 0. The molecule has 15 nitrogen and oxygen atoms in total. The van der Waals surface area contributed by atoms with E-state index in [1.54, 1.807) is 25.3 Å². The average Bonchev–Trinajstić information content (AvgIpc) is 3.08. The second-order valence-electron chi connectivity index (χ2n) is 13.0. The number of amides is 2. The van der Waals surface area contributed by atoms with E-state index in [2.05, 4.69) is 50.0 Å². The lowest BCUT2D eigenvalue weighted by atomic mass is 10.0. The molecule has 0 unspecified atom stereocenters. The van der Waals surface area contributed by atoms with E-state index < -0.39 is 46.2 Å². The molecule has 4 aromatic rings. The van der Waals surface area contributed by atoms with Gasteiger partial charge in [-0.1, -0.05) is 12.1 Å². The second kappa shape index (κ2) is 19.6. The molecule has 2 amide bonds. The van der Waals surface area contributed by atoms with Crippen LogP contribution in [0.1, 0.15) is 102 Å². The van der Waals surface area contributed by atoms with Crippen LogP contribution >= 0.6 is 0 Å². The SMILES string of the molecule is CCOC(=O)c1ncnc(OC)c1F.COc1ncnc(C(=O)Cc2cccnc2C(=O)NC(C)(C)C)c1F.Cc1cccnc1C(=O)NC(C)(C)C. The number of nitrogens with zero attached hydrogens (tertiary/aromatic N) is 6. The summed E-state index contributed by atoms with van der Waals surface area (Å²) in [4.78, 5) is 69.9. The summed E-state index contributed by atoms with van der Waals surface area (Å²) in [5.74, 6) is -4.37. The highest BCUT2D eigenvalue weighted by Gasteiger charge is 2.24. The number of hydrogen-bond acceptors (Lipinski definition) is 13. The van der Waals surface area contributed by atoms with E-state index in [9.17, 15) is 28.0 Å². The Morgan fingerprint density at radius 3 is 1.64 bits per heavy atom. The molecule has 0 aliphatic carbocycles. The number of ketones is 1. The number of aryl methyl sites for hydroxylation is 1. The summed E-state index contributed by atoms with van der Waals surface area (Å²) in [6.07, 6.45) is 4.95. The first-order chi connectivity index (χ1) is 24.8. The number of carbonyl (C=O) groups excluding carboxylic acids is 4. The van der Waals surface area contributed by atoms with E-state index >= 15 is 0 Å². The van der Waals surface area contributed by atoms with Crippen molar-refractivity contribution in [2.24, 2.45) is 0 Å². The van der Waals surface area contributed by atoms with Gasteiger partial charge in [-0.05, 0) is 78.6 Å². The predicted molar refractivity (Wildman–Crippen MR) is 189 cm³/mol. The third-order valence-electron chi connectivity index (χ3n) is 6.29. The molecule has 53 heavy (non-hydrogen) atoms. The lowest BCUT2D eigenvalue weighted by Gasteiger charge is -2.20. The van der Waals surface area contributed by atoms with Gasteiger partial charge in [0.25, 0.3) is 23.6 Å². The molecular weight excluding hydrogens is 694 g/mol. The van der Waals surface area contributed by atoms with E-state index in [0.29, 0.717) is 11.3 Å². The molecule has 0 bridgehead atoms. The normalized spacial score (nSPS) is 10.7. The maximum Gasteiger partial charge on any atom is 0.360 e. The Morgan fingerprint density at radius 2 is 1.15 bits per heavy atom. The van der Waals surface area contributed by atoms with Crippen LogP contribution in [0.5, 0.6) is 11.8 Å². The number of rotatable bonds is 9. The highest BCUT2D eigenvalue weighted by atomic mass is 19.1. The van der Waals surface area contributed by atoms with Crippen molar-refractivity contribution < 1.29 is 42.2 Å². The van der Waals surface area contributed by atoms with Gasteiger partial charge in [0.1, 0.15) is 29.7 Å². The highest BCUT2D eigenvalue weighted by molar-refractivity contribution is 6.00. The van der Waals surface area contributed by atoms with E-state index in [1.807, 2.05) is 60.6 Å². The Hall–Kier alpha value is -6.00. The third kappa shape index (κ3) is 13.6. The molecule has 284 valence electrons. The van der Waals surface area contributed by atoms with E-state index in [4.69, 9.17) is 4.74 Å². The number of methoxy groups -OCH3 is 2. The minimum Gasteiger partial charge on any atom is -0.479 e. The first kappa shape index (κ1) is 43.2. The second-order valence-corrected chi connectivity index (χ2v) is 13.0.